The lowest BCUT2D eigenvalue weighted by molar-refractivity contribution is -0.136. The molecule has 0 aliphatic carbocycles. The molecular formula is C12H14BrClF3N. The van der Waals surface area contributed by atoms with E-state index in [1.54, 1.807) is 18.2 Å². The van der Waals surface area contributed by atoms with E-state index in [4.69, 9.17) is 11.6 Å². The first-order valence-electron chi connectivity index (χ1n) is 5.59. The predicted octanol–water partition coefficient (Wildman–Crippen LogP) is 5.10. The number of benzene rings is 1. The molecule has 0 spiro atoms. The lowest BCUT2D eigenvalue weighted by Crippen LogP contribution is -2.23. The largest absolute Gasteiger partial charge is 0.389 e. The molecule has 0 bridgehead atoms. The van der Waals surface area contributed by atoms with Crippen molar-refractivity contribution in [1.82, 2.24) is 5.32 Å². The van der Waals surface area contributed by atoms with E-state index in [0.717, 1.165) is 4.47 Å². The first-order chi connectivity index (χ1) is 8.35. The SMILES string of the molecule is CCNC(CCC(F)(F)F)c1c(Cl)cccc1Br. The summed E-state index contributed by atoms with van der Waals surface area (Å²) < 4.78 is 37.6. The highest BCUT2D eigenvalue weighted by atomic mass is 79.9. The zero-order chi connectivity index (χ0) is 13.8. The average Bonchev–Trinajstić information content (AvgIpc) is 2.24. The van der Waals surface area contributed by atoms with Gasteiger partial charge in [-0.1, -0.05) is 40.5 Å². The Morgan fingerprint density at radius 2 is 2.06 bits per heavy atom. The third-order valence-electron chi connectivity index (χ3n) is 2.52. The topological polar surface area (TPSA) is 12.0 Å². The maximum Gasteiger partial charge on any atom is 0.389 e. The van der Waals surface area contributed by atoms with E-state index < -0.39 is 18.6 Å². The van der Waals surface area contributed by atoms with Crippen LogP contribution in [0.5, 0.6) is 0 Å². The van der Waals surface area contributed by atoms with Gasteiger partial charge in [0.15, 0.2) is 0 Å². The minimum atomic E-state index is -4.15. The van der Waals surface area contributed by atoms with Crippen LogP contribution in [0.25, 0.3) is 0 Å². The van der Waals surface area contributed by atoms with Gasteiger partial charge < -0.3 is 5.32 Å². The Morgan fingerprint density at radius 1 is 1.39 bits per heavy atom. The van der Waals surface area contributed by atoms with Gasteiger partial charge in [0.2, 0.25) is 0 Å². The Labute approximate surface area is 118 Å². The molecule has 1 atom stereocenters. The minimum Gasteiger partial charge on any atom is -0.310 e. The summed E-state index contributed by atoms with van der Waals surface area (Å²) in [6, 6.07) is 4.81. The molecule has 0 aliphatic rings. The third kappa shape index (κ3) is 4.78. The lowest BCUT2D eigenvalue weighted by Gasteiger charge is -2.21. The zero-order valence-corrected chi connectivity index (χ0v) is 12.2. The van der Waals surface area contributed by atoms with Gasteiger partial charge >= 0.3 is 6.18 Å². The minimum absolute atomic E-state index is 0.0281. The lowest BCUT2D eigenvalue weighted by atomic mass is 10.0. The molecule has 0 amide bonds. The molecule has 0 saturated heterocycles. The molecule has 0 heterocycles. The fourth-order valence-electron chi connectivity index (χ4n) is 1.75. The Hall–Kier alpha value is -0.260. The molecule has 1 N–H and O–H groups in total. The Kier molecular flexibility index (Phi) is 5.95. The van der Waals surface area contributed by atoms with Crippen LogP contribution in [0.1, 0.15) is 31.4 Å². The van der Waals surface area contributed by atoms with Crippen LogP contribution in [-0.4, -0.2) is 12.7 Å². The number of alkyl halides is 3. The van der Waals surface area contributed by atoms with Crippen molar-refractivity contribution in [3.05, 3.63) is 33.3 Å². The summed E-state index contributed by atoms with van der Waals surface area (Å²) in [6.45, 7) is 2.44. The number of halogens is 5. The van der Waals surface area contributed by atoms with Gasteiger partial charge in [-0.15, -0.1) is 0 Å². The van der Waals surface area contributed by atoms with Gasteiger partial charge in [0, 0.05) is 27.5 Å². The number of nitrogens with one attached hydrogen (secondary N) is 1. The van der Waals surface area contributed by atoms with Crippen molar-refractivity contribution in [3.8, 4) is 0 Å². The molecule has 1 unspecified atom stereocenters. The molecule has 0 saturated carbocycles. The van der Waals surface area contributed by atoms with E-state index >= 15 is 0 Å². The van der Waals surface area contributed by atoms with Crippen LogP contribution < -0.4 is 5.32 Å². The Balaban J connectivity index is 2.90. The molecule has 1 nitrogen and oxygen atoms in total. The summed E-state index contributed by atoms with van der Waals surface area (Å²) in [6.07, 6.45) is -5.01. The highest BCUT2D eigenvalue weighted by Gasteiger charge is 2.29. The average molecular weight is 345 g/mol. The molecule has 1 aromatic rings. The smallest absolute Gasteiger partial charge is 0.310 e. The predicted molar refractivity (Wildman–Crippen MR) is 70.9 cm³/mol. The molecule has 1 rings (SSSR count). The molecule has 0 radical (unpaired) electrons. The normalized spacial score (nSPS) is 13.7. The summed E-state index contributed by atoms with van der Waals surface area (Å²) in [5.74, 6) is 0. The van der Waals surface area contributed by atoms with Crippen molar-refractivity contribution in [2.75, 3.05) is 6.54 Å². The van der Waals surface area contributed by atoms with Gasteiger partial charge in [-0.2, -0.15) is 13.2 Å². The van der Waals surface area contributed by atoms with Crippen molar-refractivity contribution in [1.29, 1.82) is 0 Å². The zero-order valence-electron chi connectivity index (χ0n) is 9.82. The van der Waals surface area contributed by atoms with E-state index in [1.807, 2.05) is 6.92 Å². The van der Waals surface area contributed by atoms with Gasteiger partial charge in [0.1, 0.15) is 0 Å². The van der Waals surface area contributed by atoms with Crippen molar-refractivity contribution in [2.24, 2.45) is 0 Å². The maximum atomic E-state index is 12.3. The Morgan fingerprint density at radius 3 is 2.56 bits per heavy atom. The summed E-state index contributed by atoms with van der Waals surface area (Å²) >= 11 is 9.39. The summed E-state index contributed by atoms with van der Waals surface area (Å²) in [4.78, 5) is 0. The second kappa shape index (κ2) is 6.78. The maximum absolute atomic E-state index is 12.3. The van der Waals surface area contributed by atoms with Gasteiger partial charge in [0.25, 0.3) is 0 Å². The number of hydrogen-bond acceptors (Lipinski definition) is 1. The molecule has 18 heavy (non-hydrogen) atoms. The highest BCUT2D eigenvalue weighted by molar-refractivity contribution is 9.10. The van der Waals surface area contributed by atoms with Crippen molar-refractivity contribution in [3.63, 3.8) is 0 Å². The van der Waals surface area contributed by atoms with Gasteiger partial charge in [-0.05, 0) is 25.1 Å². The molecule has 0 fully saturated rings. The van der Waals surface area contributed by atoms with Crippen molar-refractivity contribution in [2.45, 2.75) is 32.0 Å². The molecule has 0 aliphatic heterocycles. The third-order valence-corrected chi connectivity index (χ3v) is 3.54. The highest BCUT2D eigenvalue weighted by Crippen LogP contribution is 2.35. The van der Waals surface area contributed by atoms with E-state index in [0.29, 0.717) is 17.1 Å². The monoisotopic (exact) mass is 343 g/mol. The fourth-order valence-corrected chi connectivity index (χ4v) is 2.81. The molecule has 102 valence electrons. The summed E-state index contributed by atoms with van der Waals surface area (Å²) in [5.41, 5.74) is 0.685. The van der Waals surface area contributed by atoms with Crippen LogP contribution in [0.15, 0.2) is 22.7 Å². The van der Waals surface area contributed by atoms with Crippen molar-refractivity contribution >= 4 is 27.5 Å². The second-order valence-electron chi connectivity index (χ2n) is 3.90. The number of hydrogen-bond donors (Lipinski definition) is 1. The molecular weight excluding hydrogens is 330 g/mol. The van der Waals surface area contributed by atoms with Gasteiger partial charge in [0.05, 0.1) is 0 Å². The summed E-state index contributed by atoms with van der Waals surface area (Å²) in [5, 5.41) is 3.51. The van der Waals surface area contributed by atoms with E-state index in [9.17, 15) is 13.2 Å². The van der Waals surface area contributed by atoms with Crippen LogP contribution in [0.2, 0.25) is 5.02 Å². The first-order valence-corrected chi connectivity index (χ1v) is 6.76. The quantitative estimate of drug-likeness (QED) is 0.784. The van der Waals surface area contributed by atoms with Crippen molar-refractivity contribution < 1.29 is 13.2 Å². The van der Waals surface area contributed by atoms with Crippen LogP contribution in [0, 0.1) is 0 Å². The van der Waals surface area contributed by atoms with E-state index in [2.05, 4.69) is 21.2 Å². The van der Waals surface area contributed by atoms with E-state index in [-0.39, 0.29) is 6.42 Å². The second-order valence-corrected chi connectivity index (χ2v) is 5.16. The van der Waals surface area contributed by atoms with Gasteiger partial charge in [-0.25, -0.2) is 0 Å². The van der Waals surface area contributed by atoms with Crippen LogP contribution in [0.3, 0.4) is 0 Å². The Bertz CT molecular complexity index is 375. The van der Waals surface area contributed by atoms with E-state index in [1.165, 1.54) is 0 Å². The molecule has 0 aromatic heterocycles. The summed E-state index contributed by atoms with van der Waals surface area (Å²) in [7, 11) is 0. The standard InChI is InChI=1S/C12H14BrClF3N/c1-2-18-10(6-7-12(15,16)17)11-8(13)4-3-5-9(11)14/h3-5,10,18H,2,6-7H2,1H3. The first kappa shape index (κ1) is 15.8. The number of rotatable bonds is 5. The van der Waals surface area contributed by atoms with Crippen LogP contribution in [-0.2, 0) is 0 Å². The van der Waals surface area contributed by atoms with Crippen LogP contribution in [0.4, 0.5) is 13.2 Å². The molecule has 1 aromatic carbocycles. The fraction of sp³-hybridized carbons (Fsp3) is 0.500. The molecule has 6 heteroatoms. The van der Waals surface area contributed by atoms with Gasteiger partial charge in [-0.3, -0.25) is 0 Å². The van der Waals surface area contributed by atoms with Crippen LogP contribution >= 0.6 is 27.5 Å².